The van der Waals surface area contributed by atoms with Crippen molar-refractivity contribution in [2.75, 3.05) is 0 Å². The Morgan fingerprint density at radius 2 is 2.12 bits per heavy atom. The van der Waals surface area contributed by atoms with Crippen molar-refractivity contribution >= 4 is 15.9 Å². The Morgan fingerprint density at radius 3 is 2.81 bits per heavy atom. The van der Waals surface area contributed by atoms with Gasteiger partial charge in [0, 0.05) is 35.0 Å². The van der Waals surface area contributed by atoms with Crippen molar-refractivity contribution in [1.29, 1.82) is 0 Å². The zero-order valence-electron chi connectivity index (χ0n) is 8.42. The van der Waals surface area contributed by atoms with Crippen LogP contribution in [0.2, 0.25) is 0 Å². The van der Waals surface area contributed by atoms with Gasteiger partial charge >= 0.3 is 0 Å². The Bertz CT molecular complexity index is 464. The van der Waals surface area contributed by atoms with E-state index in [1.54, 1.807) is 30.9 Å². The van der Waals surface area contributed by atoms with Crippen molar-refractivity contribution in [3.63, 3.8) is 0 Å². The molecule has 2 heterocycles. The molecule has 0 radical (unpaired) electrons. The number of rotatable bonds is 3. The second-order valence-electron chi connectivity index (χ2n) is 3.41. The molecular formula is C11H10BrN3O. The lowest BCUT2D eigenvalue weighted by molar-refractivity contribution is 0.177. The molecule has 1 N–H and O–H groups in total. The maximum atomic E-state index is 9.95. The molecule has 0 aromatic carbocycles. The Morgan fingerprint density at radius 1 is 1.25 bits per heavy atom. The molecule has 0 aliphatic rings. The second-order valence-corrected chi connectivity index (χ2v) is 4.32. The van der Waals surface area contributed by atoms with E-state index in [1.165, 1.54) is 0 Å². The molecule has 16 heavy (non-hydrogen) atoms. The molecule has 0 saturated carbocycles. The summed E-state index contributed by atoms with van der Waals surface area (Å²) in [5, 5.41) is 17.4. The highest BCUT2D eigenvalue weighted by atomic mass is 79.9. The summed E-state index contributed by atoms with van der Waals surface area (Å²) in [4.78, 5) is 4.04. The Balaban J connectivity index is 2.11. The Hall–Kier alpha value is -1.33. The van der Waals surface area contributed by atoms with Crippen molar-refractivity contribution in [1.82, 2.24) is 15.2 Å². The van der Waals surface area contributed by atoms with Gasteiger partial charge in [-0.25, -0.2) is 0 Å². The van der Waals surface area contributed by atoms with Gasteiger partial charge in [0.15, 0.2) is 0 Å². The third-order valence-corrected chi connectivity index (χ3v) is 2.62. The molecule has 0 aliphatic carbocycles. The van der Waals surface area contributed by atoms with Crippen molar-refractivity contribution in [3.8, 4) is 0 Å². The highest BCUT2D eigenvalue weighted by Crippen LogP contribution is 2.18. The van der Waals surface area contributed by atoms with Gasteiger partial charge in [0.05, 0.1) is 12.3 Å². The van der Waals surface area contributed by atoms with Gasteiger partial charge in [-0.2, -0.15) is 10.2 Å². The Kier molecular flexibility index (Phi) is 3.58. The zero-order chi connectivity index (χ0) is 11.4. The summed E-state index contributed by atoms with van der Waals surface area (Å²) in [5.74, 6) is 0. The van der Waals surface area contributed by atoms with Gasteiger partial charge < -0.3 is 5.11 Å². The van der Waals surface area contributed by atoms with E-state index in [0.29, 0.717) is 6.42 Å². The molecule has 0 spiro atoms. The lowest BCUT2D eigenvalue weighted by Crippen LogP contribution is -2.03. The van der Waals surface area contributed by atoms with Gasteiger partial charge in [-0.1, -0.05) is 0 Å². The van der Waals surface area contributed by atoms with Crippen LogP contribution in [0.5, 0.6) is 0 Å². The molecule has 0 aliphatic heterocycles. The van der Waals surface area contributed by atoms with Crippen LogP contribution in [0.3, 0.4) is 0 Å². The van der Waals surface area contributed by atoms with Crippen LogP contribution < -0.4 is 0 Å². The summed E-state index contributed by atoms with van der Waals surface area (Å²) in [5.41, 5.74) is 1.73. The average Bonchev–Trinajstić information content (AvgIpc) is 2.30. The summed E-state index contributed by atoms with van der Waals surface area (Å²) in [7, 11) is 0. The summed E-state index contributed by atoms with van der Waals surface area (Å²) in [6, 6.07) is 3.69. The minimum absolute atomic E-state index is 0.512. The fourth-order valence-corrected chi connectivity index (χ4v) is 1.82. The van der Waals surface area contributed by atoms with Gasteiger partial charge in [0.1, 0.15) is 0 Å². The number of aliphatic hydroxyl groups excluding tert-OH is 1. The van der Waals surface area contributed by atoms with Gasteiger partial charge in [-0.05, 0) is 33.6 Å². The Labute approximate surface area is 102 Å². The smallest absolute Gasteiger partial charge is 0.0847 e. The van der Waals surface area contributed by atoms with Gasteiger partial charge in [-0.15, -0.1) is 0 Å². The first kappa shape index (κ1) is 11.2. The molecule has 0 amide bonds. The maximum absolute atomic E-state index is 9.95. The van der Waals surface area contributed by atoms with Crippen molar-refractivity contribution in [2.45, 2.75) is 12.5 Å². The normalized spacial score (nSPS) is 12.4. The molecule has 2 aromatic heterocycles. The van der Waals surface area contributed by atoms with Gasteiger partial charge in [0.2, 0.25) is 0 Å². The minimum atomic E-state index is -0.577. The first-order valence-electron chi connectivity index (χ1n) is 4.80. The number of aliphatic hydroxyl groups is 1. The highest BCUT2D eigenvalue weighted by molar-refractivity contribution is 9.10. The lowest BCUT2D eigenvalue weighted by Gasteiger charge is -2.09. The van der Waals surface area contributed by atoms with Crippen molar-refractivity contribution in [2.24, 2.45) is 0 Å². The van der Waals surface area contributed by atoms with E-state index in [9.17, 15) is 5.11 Å². The molecule has 82 valence electrons. The van der Waals surface area contributed by atoms with Crippen LogP contribution >= 0.6 is 15.9 Å². The largest absolute Gasteiger partial charge is 0.388 e. The molecule has 0 bridgehead atoms. The minimum Gasteiger partial charge on any atom is -0.388 e. The fourth-order valence-electron chi connectivity index (χ4n) is 1.41. The SMILES string of the molecule is OC(Cc1cncc(Br)c1)c1ccnnc1. The van der Waals surface area contributed by atoms with E-state index < -0.39 is 6.10 Å². The van der Waals surface area contributed by atoms with E-state index in [4.69, 9.17) is 0 Å². The van der Waals surface area contributed by atoms with Crippen LogP contribution in [-0.4, -0.2) is 20.3 Å². The van der Waals surface area contributed by atoms with Gasteiger partial charge in [-0.3, -0.25) is 4.98 Å². The van der Waals surface area contributed by atoms with Gasteiger partial charge in [0.25, 0.3) is 0 Å². The van der Waals surface area contributed by atoms with Crippen LogP contribution in [0.4, 0.5) is 0 Å². The molecule has 0 saturated heterocycles. The number of aromatic nitrogens is 3. The number of hydrogen-bond donors (Lipinski definition) is 1. The number of hydrogen-bond acceptors (Lipinski definition) is 4. The zero-order valence-corrected chi connectivity index (χ0v) is 10.0. The standard InChI is InChI=1S/C11H10BrN3O/c12-10-3-8(5-13-7-10)4-11(16)9-1-2-14-15-6-9/h1-3,5-7,11,16H,4H2. The summed E-state index contributed by atoms with van der Waals surface area (Å²) in [6.45, 7) is 0. The molecule has 5 heteroatoms. The molecule has 0 fully saturated rings. The fraction of sp³-hybridized carbons (Fsp3) is 0.182. The second kappa shape index (κ2) is 5.14. The number of pyridine rings is 1. The average molecular weight is 280 g/mol. The molecular weight excluding hydrogens is 270 g/mol. The molecule has 1 unspecified atom stereocenters. The van der Waals surface area contributed by atoms with Crippen LogP contribution in [0.25, 0.3) is 0 Å². The van der Waals surface area contributed by atoms with Crippen molar-refractivity contribution in [3.05, 3.63) is 52.5 Å². The van der Waals surface area contributed by atoms with Crippen LogP contribution in [0.1, 0.15) is 17.2 Å². The number of halogens is 1. The number of nitrogens with zero attached hydrogens (tertiary/aromatic N) is 3. The third-order valence-electron chi connectivity index (χ3n) is 2.18. The molecule has 4 nitrogen and oxygen atoms in total. The van der Waals surface area contributed by atoms with Crippen LogP contribution in [0.15, 0.2) is 41.4 Å². The molecule has 2 aromatic rings. The monoisotopic (exact) mass is 279 g/mol. The quantitative estimate of drug-likeness (QED) is 0.933. The van der Waals surface area contributed by atoms with E-state index in [1.807, 2.05) is 6.07 Å². The maximum Gasteiger partial charge on any atom is 0.0847 e. The molecule has 2 rings (SSSR count). The first-order valence-corrected chi connectivity index (χ1v) is 5.59. The van der Waals surface area contributed by atoms with E-state index in [-0.39, 0.29) is 0 Å². The predicted octanol–water partition coefficient (Wildman–Crippen LogP) is 1.91. The van der Waals surface area contributed by atoms with Crippen molar-refractivity contribution < 1.29 is 5.11 Å². The molecule has 1 atom stereocenters. The lowest BCUT2D eigenvalue weighted by atomic mass is 10.1. The van der Waals surface area contributed by atoms with E-state index in [2.05, 4.69) is 31.1 Å². The third kappa shape index (κ3) is 2.84. The summed E-state index contributed by atoms with van der Waals surface area (Å²) < 4.78 is 0.907. The van der Waals surface area contributed by atoms with Crippen LogP contribution in [-0.2, 0) is 6.42 Å². The highest BCUT2D eigenvalue weighted by Gasteiger charge is 2.09. The van der Waals surface area contributed by atoms with Crippen LogP contribution in [0, 0.1) is 0 Å². The first-order chi connectivity index (χ1) is 7.75. The van der Waals surface area contributed by atoms with E-state index in [0.717, 1.165) is 15.6 Å². The summed E-state index contributed by atoms with van der Waals surface area (Å²) >= 11 is 3.34. The van der Waals surface area contributed by atoms with E-state index >= 15 is 0 Å². The topological polar surface area (TPSA) is 58.9 Å². The predicted molar refractivity (Wildman–Crippen MR) is 62.6 cm³/mol. The summed E-state index contributed by atoms with van der Waals surface area (Å²) in [6.07, 6.45) is 6.52.